The van der Waals surface area contributed by atoms with Crippen LogP contribution in [0.3, 0.4) is 0 Å². The van der Waals surface area contributed by atoms with Gasteiger partial charge in [0.2, 0.25) is 0 Å². The third-order valence-corrected chi connectivity index (χ3v) is 34.6. The van der Waals surface area contributed by atoms with Gasteiger partial charge in [0.15, 0.2) is 0 Å². The van der Waals surface area contributed by atoms with Crippen LogP contribution in [-0.2, 0) is 0 Å². The Labute approximate surface area is 191 Å². The predicted molar refractivity (Wildman–Crippen MR) is 177 cm³/mol. The maximum atomic E-state index is 2.96. The van der Waals surface area contributed by atoms with Gasteiger partial charge in [-0.05, 0) is 31.3 Å². The van der Waals surface area contributed by atoms with Crippen molar-refractivity contribution in [2.24, 2.45) is 0 Å². The zero-order chi connectivity index (χ0) is 19.2. The Kier molecular flexibility index (Phi) is 59.7. The van der Waals surface area contributed by atoms with Crippen LogP contribution in [0.2, 0.25) is 0 Å². The minimum Gasteiger partial charge on any atom is -0.110 e. The van der Waals surface area contributed by atoms with Crippen LogP contribution in [0.15, 0.2) is 0 Å². The van der Waals surface area contributed by atoms with Crippen molar-refractivity contribution in [1.82, 2.24) is 0 Å². The second-order valence-electron chi connectivity index (χ2n) is 5.03. The summed E-state index contributed by atoms with van der Waals surface area (Å²) in [7, 11) is 21.5. The summed E-state index contributed by atoms with van der Waals surface area (Å²) in [5.41, 5.74) is 0. The summed E-state index contributed by atoms with van der Waals surface area (Å²) in [5.74, 6) is 0. The second-order valence-corrected chi connectivity index (χ2v) is 34.7. The summed E-state index contributed by atoms with van der Waals surface area (Å²) in [6.45, 7) is 6.75. The molecule has 26 heavy (non-hydrogen) atoms. The molecule has 0 saturated carbocycles. The molecular formula is C14H50P12. The van der Waals surface area contributed by atoms with E-state index in [1.54, 1.807) is 0 Å². The van der Waals surface area contributed by atoms with Crippen molar-refractivity contribution in [3.63, 3.8) is 0 Å². The van der Waals surface area contributed by atoms with Crippen LogP contribution in [0.4, 0.5) is 0 Å². The second kappa shape index (κ2) is 37.5. The average Bonchev–Trinajstić information content (AvgIpc) is 2.60. The maximum absolute atomic E-state index is 2.96. The summed E-state index contributed by atoms with van der Waals surface area (Å²) < 4.78 is 0. The van der Waals surface area contributed by atoms with Gasteiger partial charge in [-0.2, -0.15) is 0 Å². The number of hydrogen-bond acceptors (Lipinski definition) is 0. The van der Waals surface area contributed by atoms with Gasteiger partial charge in [0.05, 0.1) is 0 Å². The molecule has 166 valence electrons. The normalized spacial score (nSPS) is 14.2. The van der Waals surface area contributed by atoms with Crippen LogP contribution >= 0.6 is 99.3 Å². The molecule has 0 rings (SSSR count). The van der Waals surface area contributed by atoms with Gasteiger partial charge in [0, 0.05) is 0 Å². The molecule has 0 aliphatic rings. The highest BCUT2D eigenvalue weighted by Crippen LogP contribution is 2.67. The molecule has 0 spiro atoms. The molecule has 0 N–H and O–H groups in total. The van der Waals surface area contributed by atoms with Gasteiger partial charge in [-0.3, -0.25) is 0 Å². The van der Waals surface area contributed by atoms with Gasteiger partial charge in [-0.1, -0.05) is 107 Å². The van der Waals surface area contributed by atoms with Crippen molar-refractivity contribution in [3.05, 3.63) is 0 Å². The van der Waals surface area contributed by atoms with Crippen molar-refractivity contribution in [2.75, 3.05) is 18.5 Å². The zero-order valence-corrected chi connectivity index (χ0v) is 28.3. The minimum absolute atomic E-state index is 0. The maximum Gasteiger partial charge on any atom is -0.0252 e. The number of unbranched alkanes of at least 4 members (excludes halogenated alkanes) is 3. The van der Waals surface area contributed by atoms with Crippen molar-refractivity contribution in [3.8, 4) is 0 Å². The van der Waals surface area contributed by atoms with Crippen molar-refractivity contribution in [1.29, 1.82) is 0 Å². The van der Waals surface area contributed by atoms with Gasteiger partial charge in [-0.15, -0.1) is 53.6 Å². The highest BCUT2D eigenvalue weighted by Gasteiger charge is 1.95. The summed E-state index contributed by atoms with van der Waals surface area (Å²) in [4.78, 5) is 0. The van der Waals surface area contributed by atoms with Gasteiger partial charge in [0.25, 0.3) is 0 Å². The first kappa shape index (κ1) is 41.4. The molecular weight excluding hydrogens is 540 g/mol. The van der Waals surface area contributed by atoms with Crippen LogP contribution in [0.5, 0.6) is 0 Å². The molecule has 0 fully saturated rings. The third kappa shape index (κ3) is 43.1. The van der Waals surface area contributed by atoms with Crippen LogP contribution in [0.25, 0.3) is 0 Å². The fourth-order valence-corrected chi connectivity index (χ4v) is 11.5. The van der Waals surface area contributed by atoms with Gasteiger partial charge in [0.1, 0.15) is 0 Å². The van der Waals surface area contributed by atoms with E-state index in [0.29, 0.717) is 21.9 Å². The van der Waals surface area contributed by atoms with E-state index in [4.69, 9.17) is 0 Å². The zero-order valence-electron chi connectivity index (χ0n) is 15.7. The van der Waals surface area contributed by atoms with Gasteiger partial charge < -0.3 is 0 Å². The Hall–Kier alpha value is 5.16. The predicted octanol–water partition coefficient (Wildman–Crippen LogP) is 11.6. The van der Waals surface area contributed by atoms with E-state index in [1.807, 2.05) is 0 Å². The lowest BCUT2D eigenvalue weighted by Crippen LogP contribution is -1.74. The van der Waals surface area contributed by atoms with E-state index < -0.39 is 0 Å². The first-order chi connectivity index (χ1) is 11.4. The van der Waals surface area contributed by atoms with Crippen molar-refractivity contribution in [2.45, 2.75) is 74.1 Å². The van der Waals surface area contributed by atoms with Gasteiger partial charge >= 0.3 is 0 Å². The van der Waals surface area contributed by atoms with E-state index >= 15 is 0 Å². The van der Waals surface area contributed by atoms with Crippen molar-refractivity contribution < 1.29 is 0 Å². The highest BCUT2D eigenvalue weighted by molar-refractivity contribution is 8.62. The van der Waals surface area contributed by atoms with Gasteiger partial charge in [-0.25, -0.2) is 0 Å². The molecule has 12 heteroatoms. The smallest absolute Gasteiger partial charge is 0.0252 e. The lowest BCUT2D eigenvalue weighted by atomic mass is 10.3. The van der Waals surface area contributed by atoms with Crippen LogP contribution in [0, 0.1) is 0 Å². The van der Waals surface area contributed by atoms with E-state index in [-0.39, 0.29) is 14.9 Å². The standard InChI is InChI=1S/C5H16P4.C4H14P4.C3H12P4.2CH4/c1-2-3-4-5-9(7)8-6;1-2-3-4-8(6)7-5;1-2-3-7(5)6-4;;/h8H,2-7H2,1H3;7H,2-6H2,1H3;6H,2-5H2,1H3;2*1H4. The molecule has 0 amide bonds. The van der Waals surface area contributed by atoms with E-state index in [2.05, 4.69) is 74.3 Å². The Morgan fingerprint density at radius 1 is 0.538 bits per heavy atom. The average molecular weight is 590 g/mol. The lowest BCUT2D eigenvalue weighted by Gasteiger charge is -2.06. The Morgan fingerprint density at radius 2 is 0.885 bits per heavy atom. The molecule has 12 unspecified atom stereocenters. The summed E-state index contributed by atoms with van der Waals surface area (Å²) in [5, 5.41) is 0. The van der Waals surface area contributed by atoms with E-state index in [1.165, 1.54) is 57.0 Å². The molecule has 0 aromatic carbocycles. The largest absolute Gasteiger partial charge is 0.110 e. The van der Waals surface area contributed by atoms with E-state index in [0.717, 1.165) is 23.9 Å². The molecule has 0 aliphatic carbocycles. The minimum atomic E-state index is 0. The Balaban J connectivity index is -0.0000000823. The first-order valence-electron chi connectivity index (χ1n) is 8.38. The van der Waals surface area contributed by atoms with Crippen molar-refractivity contribution >= 4 is 99.3 Å². The lowest BCUT2D eigenvalue weighted by molar-refractivity contribution is 0.778. The van der Waals surface area contributed by atoms with Crippen LogP contribution < -0.4 is 0 Å². The Bertz CT molecular complexity index is 210. The molecule has 0 nitrogen and oxygen atoms in total. The summed E-state index contributed by atoms with van der Waals surface area (Å²) in [6, 6.07) is 0. The summed E-state index contributed by atoms with van der Waals surface area (Å²) in [6.07, 6.45) is 12.6. The molecule has 0 aliphatic heterocycles. The molecule has 0 heterocycles. The third-order valence-electron chi connectivity index (χ3n) is 2.72. The SMILES string of the molecule is C.C.CCCCCP(P)PP.CCCCP(P)PP.CCCP(P)PP. The fraction of sp³-hybridized carbons (Fsp3) is 1.00. The highest BCUT2D eigenvalue weighted by atomic mass is 32.6. The summed E-state index contributed by atoms with van der Waals surface area (Å²) >= 11 is 0. The van der Waals surface area contributed by atoms with Crippen LogP contribution in [0.1, 0.15) is 74.1 Å². The van der Waals surface area contributed by atoms with Crippen LogP contribution in [-0.4, -0.2) is 18.5 Å². The monoisotopic (exact) mass is 590 g/mol. The molecule has 0 bridgehead atoms. The molecule has 0 aromatic heterocycles. The molecule has 0 radical (unpaired) electrons. The fourth-order valence-electron chi connectivity index (χ4n) is 1.30. The number of rotatable bonds is 12. The quantitative estimate of drug-likeness (QED) is 0.157. The Morgan fingerprint density at radius 3 is 1.15 bits per heavy atom. The topological polar surface area (TPSA) is 0 Å². The first-order valence-corrected chi connectivity index (χ1v) is 28.8. The van der Waals surface area contributed by atoms with E-state index in [9.17, 15) is 0 Å². The molecule has 0 aromatic rings. The molecule has 12 atom stereocenters. The number of hydrogen-bond donors (Lipinski definition) is 0. The molecule has 0 saturated heterocycles.